The van der Waals surface area contributed by atoms with Crippen molar-refractivity contribution in [3.05, 3.63) is 108 Å². The van der Waals surface area contributed by atoms with Crippen LogP contribution in [-0.2, 0) is 19.7 Å². The van der Waals surface area contributed by atoms with Crippen LogP contribution >= 0.6 is 21.6 Å². The zero-order valence-corrected chi connectivity index (χ0v) is 31.7. The average molecular weight is 749 g/mol. The fourth-order valence-electron chi connectivity index (χ4n) is 7.31. The van der Waals surface area contributed by atoms with Gasteiger partial charge in [0.15, 0.2) is 0 Å². The molecule has 1 aliphatic heterocycles. The molecule has 3 aromatic carbocycles. The van der Waals surface area contributed by atoms with Gasteiger partial charge in [0, 0.05) is 50.8 Å². The van der Waals surface area contributed by atoms with Gasteiger partial charge in [0.1, 0.15) is 13.2 Å². The number of benzene rings is 3. The molecule has 52 heavy (non-hydrogen) atoms. The molecule has 280 valence electrons. The van der Waals surface area contributed by atoms with Gasteiger partial charge in [0.25, 0.3) is 0 Å². The lowest BCUT2D eigenvalue weighted by atomic mass is 9.75. The lowest BCUT2D eigenvalue weighted by Crippen LogP contribution is -2.57. The minimum atomic E-state index is -0.498. The summed E-state index contributed by atoms with van der Waals surface area (Å²) in [4.78, 5) is 41.1. The van der Waals surface area contributed by atoms with Crippen LogP contribution in [0.2, 0.25) is 0 Å². The van der Waals surface area contributed by atoms with Crippen LogP contribution in [0.5, 0.6) is 0 Å². The third kappa shape index (κ3) is 11.1. The summed E-state index contributed by atoms with van der Waals surface area (Å²) in [5.41, 5.74) is 3.09. The number of nitrogens with zero attached hydrogens (tertiary/aromatic N) is 2. The number of rotatable bonds is 16. The first kappa shape index (κ1) is 39.3. The molecule has 0 radical (unpaired) electrons. The topological polar surface area (TPSA) is 109 Å². The molecule has 2 atom stereocenters. The van der Waals surface area contributed by atoms with E-state index in [1.807, 2.05) is 18.2 Å². The zero-order chi connectivity index (χ0) is 36.4. The van der Waals surface area contributed by atoms with Crippen molar-refractivity contribution in [2.45, 2.75) is 38.1 Å². The Labute approximate surface area is 316 Å². The molecule has 0 aromatic heterocycles. The summed E-state index contributed by atoms with van der Waals surface area (Å²) in [6, 6.07) is 31.9. The van der Waals surface area contributed by atoms with E-state index < -0.39 is 11.6 Å². The molecule has 10 nitrogen and oxygen atoms in total. The summed E-state index contributed by atoms with van der Waals surface area (Å²) in [5, 5.41) is 5.72. The minimum absolute atomic E-state index is 0.283. The van der Waals surface area contributed by atoms with Gasteiger partial charge in [-0.05, 0) is 54.7 Å². The average Bonchev–Trinajstić information content (AvgIpc) is 3.19. The fraction of sp³-hybridized carbons (Fsp3) is 0.475. The van der Waals surface area contributed by atoms with E-state index >= 15 is 0 Å². The maximum absolute atomic E-state index is 13.0. The SMILES string of the molecule is CCOC(=O)NCC1CCCC(CNC(=O)OCCSSCCOC(=O)N2CCN(C(c3ccccc3)(c3ccccc3)c3ccccc3)CC2)C1. The lowest BCUT2D eigenvalue weighted by molar-refractivity contribution is 0.0545. The second-order valence-electron chi connectivity index (χ2n) is 13.1. The number of amides is 3. The van der Waals surface area contributed by atoms with E-state index in [0.717, 1.165) is 25.7 Å². The second kappa shape index (κ2) is 21.0. The van der Waals surface area contributed by atoms with Crippen LogP contribution in [0.1, 0.15) is 49.3 Å². The van der Waals surface area contributed by atoms with E-state index in [1.54, 1.807) is 33.4 Å². The van der Waals surface area contributed by atoms with Gasteiger partial charge >= 0.3 is 18.3 Å². The lowest BCUT2D eigenvalue weighted by Gasteiger charge is -2.48. The molecule has 3 aromatic rings. The Hall–Kier alpha value is -3.87. The number of hydrogen-bond acceptors (Lipinski definition) is 9. The molecule has 2 fully saturated rings. The van der Waals surface area contributed by atoms with Gasteiger partial charge in [0.05, 0.1) is 12.1 Å². The first-order valence-corrected chi connectivity index (χ1v) is 20.9. The standard InChI is InChI=1S/C40H52N4O6S2/c1-2-48-37(45)41-30-32-13-12-14-33(29-32)31-42-38(46)49-25-27-51-52-28-26-50-39(47)43-21-23-44(24-22-43)40(34-15-6-3-7-16-34,35-17-8-4-9-18-35)36-19-10-5-11-20-36/h3-11,15-20,32-33H,2,12-14,21-31H2,1H3,(H,41,45)(H,42,46). The number of alkyl carbamates (subject to hydrolysis) is 2. The smallest absolute Gasteiger partial charge is 0.409 e. The monoisotopic (exact) mass is 748 g/mol. The van der Waals surface area contributed by atoms with Crippen LogP contribution in [0.25, 0.3) is 0 Å². The van der Waals surface area contributed by atoms with Gasteiger partial charge in [-0.3, -0.25) is 4.90 Å². The van der Waals surface area contributed by atoms with Gasteiger partial charge in [0.2, 0.25) is 0 Å². The number of carbonyl (C=O) groups is 3. The third-order valence-electron chi connectivity index (χ3n) is 9.70. The summed E-state index contributed by atoms with van der Waals surface area (Å²) in [6.45, 7) is 6.48. The van der Waals surface area contributed by atoms with Gasteiger partial charge in [-0.2, -0.15) is 0 Å². The molecule has 1 aliphatic carbocycles. The van der Waals surface area contributed by atoms with Gasteiger partial charge in [-0.15, -0.1) is 0 Å². The van der Waals surface area contributed by atoms with E-state index in [0.29, 0.717) is 82.4 Å². The van der Waals surface area contributed by atoms with Crippen LogP contribution in [0, 0.1) is 11.8 Å². The second-order valence-corrected chi connectivity index (χ2v) is 15.8. The van der Waals surface area contributed by atoms with Crippen molar-refractivity contribution in [1.29, 1.82) is 0 Å². The minimum Gasteiger partial charge on any atom is -0.450 e. The third-order valence-corrected chi connectivity index (χ3v) is 12.0. The van der Waals surface area contributed by atoms with Crippen molar-refractivity contribution < 1.29 is 28.6 Å². The van der Waals surface area contributed by atoms with E-state index in [1.165, 1.54) is 16.7 Å². The quantitative estimate of drug-likeness (QED) is 0.0671. The summed E-state index contributed by atoms with van der Waals surface area (Å²) < 4.78 is 15.9. The normalized spacial score (nSPS) is 17.9. The summed E-state index contributed by atoms with van der Waals surface area (Å²) in [5.74, 6) is 2.06. The Morgan fingerprint density at radius 2 is 1.13 bits per heavy atom. The van der Waals surface area contributed by atoms with Gasteiger partial charge < -0.3 is 29.7 Å². The molecule has 1 saturated heterocycles. The van der Waals surface area contributed by atoms with Crippen LogP contribution in [-0.4, -0.2) is 98.7 Å². The molecule has 12 heteroatoms. The van der Waals surface area contributed by atoms with Crippen LogP contribution in [0.15, 0.2) is 91.0 Å². The van der Waals surface area contributed by atoms with Crippen molar-refractivity contribution >= 4 is 39.9 Å². The molecular weight excluding hydrogens is 697 g/mol. The number of nitrogens with one attached hydrogen (secondary N) is 2. The van der Waals surface area contributed by atoms with Crippen LogP contribution in [0.4, 0.5) is 14.4 Å². The number of ether oxygens (including phenoxy) is 3. The summed E-state index contributed by atoms with van der Waals surface area (Å²) >= 11 is 0. The van der Waals surface area contributed by atoms with E-state index in [9.17, 15) is 14.4 Å². The van der Waals surface area contributed by atoms with Crippen molar-refractivity contribution in [2.24, 2.45) is 11.8 Å². The highest BCUT2D eigenvalue weighted by molar-refractivity contribution is 8.76. The Bertz CT molecular complexity index is 1420. The molecule has 2 N–H and O–H groups in total. The molecular formula is C40H52N4O6S2. The molecule has 5 rings (SSSR count). The molecule has 2 unspecified atom stereocenters. The first-order chi connectivity index (χ1) is 25.5. The van der Waals surface area contributed by atoms with Crippen LogP contribution in [0.3, 0.4) is 0 Å². The fourth-order valence-corrected chi connectivity index (χ4v) is 8.97. The maximum Gasteiger partial charge on any atom is 0.409 e. The molecule has 1 saturated carbocycles. The van der Waals surface area contributed by atoms with E-state index in [2.05, 4.69) is 88.3 Å². The van der Waals surface area contributed by atoms with Crippen molar-refractivity contribution in [3.63, 3.8) is 0 Å². The molecule has 3 amide bonds. The summed E-state index contributed by atoms with van der Waals surface area (Å²) in [6.07, 6.45) is 3.10. The van der Waals surface area contributed by atoms with E-state index in [-0.39, 0.29) is 12.2 Å². The highest BCUT2D eigenvalue weighted by Crippen LogP contribution is 2.42. The van der Waals surface area contributed by atoms with Crippen molar-refractivity contribution in [3.8, 4) is 0 Å². The Kier molecular flexibility index (Phi) is 15.9. The molecule has 2 aliphatic rings. The Balaban J connectivity index is 0.979. The predicted molar refractivity (Wildman–Crippen MR) is 208 cm³/mol. The molecule has 1 heterocycles. The van der Waals surface area contributed by atoms with Crippen LogP contribution < -0.4 is 10.6 Å². The number of piperazine rings is 1. The number of hydrogen-bond donors (Lipinski definition) is 2. The Morgan fingerprint density at radius 1 is 0.673 bits per heavy atom. The van der Waals surface area contributed by atoms with Crippen molar-refractivity contribution in [2.75, 3.05) is 70.6 Å². The zero-order valence-electron chi connectivity index (χ0n) is 30.1. The molecule has 0 spiro atoms. The highest BCUT2D eigenvalue weighted by atomic mass is 33.1. The van der Waals surface area contributed by atoms with Crippen molar-refractivity contribution in [1.82, 2.24) is 20.4 Å². The molecule has 0 bridgehead atoms. The number of carbonyl (C=O) groups excluding carboxylic acids is 3. The highest BCUT2D eigenvalue weighted by Gasteiger charge is 2.43. The maximum atomic E-state index is 13.0. The van der Waals surface area contributed by atoms with Gasteiger partial charge in [-0.1, -0.05) is 119 Å². The van der Waals surface area contributed by atoms with E-state index in [4.69, 9.17) is 14.2 Å². The largest absolute Gasteiger partial charge is 0.450 e. The summed E-state index contributed by atoms with van der Waals surface area (Å²) in [7, 11) is 3.19. The predicted octanol–water partition coefficient (Wildman–Crippen LogP) is 7.39. The van der Waals surface area contributed by atoms with Gasteiger partial charge in [-0.25, -0.2) is 14.4 Å². The first-order valence-electron chi connectivity index (χ1n) is 18.4. The Morgan fingerprint density at radius 3 is 1.62 bits per heavy atom.